The summed E-state index contributed by atoms with van der Waals surface area (Å²) in [7, 11) is 3.31. The van der Waals surface area contributed by atoms with Gasteiger partial charge in [0, 0.05) is 7.05 Å². The van der Waals surface area contributed by atoms with E-state index in [2.05, 4.69) is 18.2 Å². The van der Waals surface area contributed by atoms with Gasteiger partial charge in [-0.05, 0) is 0 Å². The molecule has 0 aliphatic rings. The fourth-order valence-corrected chi connectivity index (χ4v) is 7.15. The van der Waals surface area contributed by atoms with E-state index in [0.717, 1.165) is 62.0 Å². The van der Waals surface area contributed by atoms with Crippen LogP contribution < -0.4 is 9.64 Å². The number of benzene rings is 2. The summed E-state index contributed by atoms with van der Waals surface area (Å²) in [6.07, 6.45) is 1.39. The first-order valence-corrected chi connectivity index (χ1v) is 13.7. The molecule has 0 saturated carbocycles. The Bertz CT molecular complexity index is 1320. The molecule has 0 spiro atoms. The molecule has 0 N–H and O–H groups in total. The molecule has 0 fully saturated rings. The summed E-state index contributed by atoms with van der Waals surface area (Å²) >= 11 is 4.22. The molecule has 4 aromatic rings. The van der Waals surface area contributed by atoms with Crippen LogP contribution in [0.5, 0.6) is 5.75 Å². The minimum Gasteiger partial charge on any atom is -0.315 e. The van der Waals surface area contributed by atoms with E-state index in [0.29, 0.717) is 12.2 Å². The van der Waals surface area contributed by atoms with Crippen LogP contribution in [0.4, 0.5) is 5.69 Å². The molecule has 2 aromatic heterocycles. The van der Waals surface area contributed by atoms with Crippen molar-refractivity contribution >= 4 is 73.2 Å². The zero-order valence-electron chi connectivity index (χ0n) is 18.1. The number of methoxy groups -OCH3 is 1. The van der Waals surface area contributed by atoms with Gasteiger partial charge in [-0.3, -0.25) is 4.79 Å². The molecule has 1 amide bonds. The molecular formula is C25H20N3O2PbS2. The van der Waals surface area contributed by atoms with E-state index < -0.39 is 0 Å². The molecule has 5 nitrogen and oxygen atoms in total. The fourth-order valence-electron chi connectivity index (χ4n) is 3.44. The molecule has 3 radical (unpaired) electrons. The number of nitriles is 1. The third-order valence-electron chi connectivity index (χ3n) is 5.14. The van der Waals surface area contributed by atoms with Crippen molar-refractivity contribution in [3.8, 4) is 22.3 Å². The van der Waals surface area contributed by atoms with Gasteiger partial charge in [-0.2, -0.15) is 0 Å². The second-order valence-corrected chi connectivity index (χ2v) is 11.4. The van der Waals surface area contributed by atoms with Crippen molar-refractivity contribution in [3.63, 3.8) is 0 Å². The minimum atomic E-state index is -0.382. The molecule has 0 saturated heterocycles. The van der Waals surface area contributed by atoms with Crippen LogP contribution in [0.25, 0.3) is 19.8 Å². The van der Waals surface area contributed by atoms with Gasteiger partial charge in [0.2, 0.25) is 6.41 Å². The minimum absolute atomic E-state index is 0.382. The monoisotopic (exact) mass is 666 g/mol. The molecule has 33 heavy (non-hydrogen) atoms. The van der Waals surface area contributed by atoms with Crippen LogP contribution in [0.15, 0.2) is 65.7 Å². The van der Waals surface area contributed by atoms with Crippen molar-refractivity contribution in [2.24, 2.45) is 4.99 Å². The normalized spacial score (nSPS) is 12.4. The van der Waals surface area contributed by atoms with Gasteiger partial charge in [0.05, 0.1) is 7.11 Å². The van der Waals surface area contributed by atoms with Crippen LogP contribution in [-0.2, 0) is 11.2 Å². The van der Waals surface area contributed by atoms with Crippen LogP contribution in [0.1, 0.15) is 10.4 Å². The van der Waals surface area contributed by atoms with Gasteiger partial charge in [0.25, 0.3) is 0 Å². The first-order chi connectivity index (χ1) is 16.0. The maximum atomic E-state index is 11.3. The summed E-state index contributed by atoms with van der Waals surface area (Å²) < 4.78 is 8.80. The summed E-state index contributed by atoms with van der Waals surface area (Å²) in [6.45, 7) is 0. The third kappa shape index (κ3) is 5.34. The molecule has 4 rings (SSSR count). The third-order valence-corrected chi connectivity index (χ3v) is 9.12. The van der Waals surface area contributed by atoms with E-state index in [4.69, 9.17) is 9.73 Å². The molecule has 1 unspecified atom stereocenters. The molecule has 0 bridgehead atoms. The Hall–Kier alpha value is -2.55. The standard InChI is InChI=1S/C25H20N3O2S2.Pb/c1-28(16-29)21-10-18(8-9-22(21)30-2)23-13-25-24(32-23)12-20(31-25)11-19(14-26)27-15-17-6-4-3-5-7-17;/h3-10,12-13,16,19H,11H2,1-2H3;. The zero-order valence-corrected chi connectivity index (χ0v) is 23.6. The van der Waals surface area contributed by atoms with E-state index in [1.807, 2.05) is 48.5 Å². The van der Waals surface area contributed by atoms with Crippen molar-refractivity contribution < 1.29 is 9.53 Å². The van der Waals surface area contributed by atoms with Crippen LogP contribution in [0.2, 0.25) is 0 Å². The topological polar surface area (TPSA) is 65.7 Å². The van der Waals surface area contributed by atoms with Gasteiger partial charge in [-0.1, -0.05) is 0 Å². The molecule has 0 aliphatic heterocycles. The maximum absolute atomic E-state index is 11.3. The number of ether oxygens (including phenoxy) is 1. The number of nitrogens with zero attached hydrogens (tertiary/aromatic N) is 3. The first kappa shape index (κ1) is 23.6. The number of carbonyl (C=O) groups is 1. The van der Waals surface area contributed by atoms with Gasteiger partial charge in [0.1, 0.15) is 5.75 Å². The predicted octanol–water partition coefficient (Wildman–Crippen LogP) is 5.28. The predicted molar refractivity (Wildman–Crippen MR) is 138 cm³/mol. The first-order valence-electron chi connectivity index (χ1n) is 10.2. The van der Waals surface area contributed by atoms with E-state index in [1.165, 1.54) is 14.3 Å². The number of aliphatic imine (C=N–C) groups is 1. The van der Waals surface area contributed by atoms with Crippen LogP contribution in [-0.4, -0.2) is 55.6 Å². The molecule has 2 aromatic carbocycles. The number of amides is 1. The van der Waals surface area contributed by atoms with Gasteiger partial charge < -0.3 is 9.64 Å². The molecule has 2 heterocycles. The molecule has 1 atom stereocenters. The number of anilines is 1. The summed E-state index contributed by atoms with van der Waals surface area (Å²) in [4.78, 5) is 19.8. The summed E-state index contributed by atoms with van der Waals surface area (Å²) in [6, 6.07) is 22.3. The van der Waals surface area contributed by atoms with Gasteiger partial charge in [-0.15, -0.1) is 0 Å². The Morgan fingerprint density at radius 3 is 2.61 bits per heavy atom. The summed E-state index contributed by atoms with van der Waals surface area (Å²) in [5, 5.41) is 9.66. The Labute approximate surface area is 216 Å². The average molecular weight is 666 g/mol. The van der Waals surface area contributed by atoms with E-state index >= 15 is 0 Å². The van der Waals surface area contributed by atoms with E-state index in [-0.39, 0.29) is 6.04 Å². The van der Waals surface area contributed by atoms with Gasteiger partial charge >= 0.3 is 177 Å². The summed E-state index contributed by atoms with van der Waals surface area (Å²) in [5.41, 5.74) is 2.87. The number of carbonyl (C=O) groups excluding carboxylic acids is 1. The second-order valence-electron chi connectivity index (χ2n) is 7.35. The fraction of sp³-hybridized carbons (Fsp3) is 0.160. The van der Waals surface area contributed by atoms with Gasteiger partial charge in [-0.25, -0.2) is 0 Å². The van der Waals surface area contributed by atoms with Crippen molar-refractivity contribution in [1.82, 2.24) is 0 Å². The summed E-state index contributed by atoms with van der Waals surface area (Å²) in [5.74, 6) is 0.658. The van der Waals surface area contributed by atoms with Crippen molar-refractivity contribution in [3.05, 3.63) is 71.1 Å². The quantitative estimate of drug-likeness (QED) is 0.146. The Balaban J connectivity index is 1.56. The smallest absolute Gasteiger partial charge is 0.315 e. The number of rotatable bonds is 8. The van der Waals surface area contributed by atoms with Crippen molar-refractivity contribution in [2.75, 3.05) is 19.1 Å². The number of fused-ring (bicyclic) bond motifs is 1. The van der Waals surface area contributed by atoms with Crippen LogP contribution >= 0.6 is 22.7 Å². The van der Waals surface area contributed by atoms with Gasteiger partial charge in [0.15, 0.2) is 0 Å². The Kier molecular flexibility index (Phi) is 7.57. The Morgan fingerprint density at radius 1 is 1.18 bits per heavy atom. The molecule has 163 valence electrons. The second kappa shape index (κ2) is 10.6. The SMILES string of the molecule is COc1ccc(-c2cc3sc(CC(C#N)N=[C]([Pb])c4ccccc4)cc3s2)cc1N(C)C=O. The van der Waals surface area contributed by atoms with Crippen molar-refractivity contribution in [1.29, 1.82) is 5.26 Å². The molecule has 0 aliphatic carbocycles. The van der Waals surface area contributed by atoms with Crippen LogP contribution in [0, 0.1) is 11.3 Å². The number of hydrogen-bond acceptors (Lipinski definition) is 6. The molecular weight excluding hydrogens is 646 g/mol. The number of thiophene rings is 2. The van der Waals surface area contributed by atoms with Crippen molar-refractivity contribution in [2.45, 2.75) is 12.5 Å². The zero-order chi connectivity index (χ0) is 23.4. The number of hydrogen-bond donors (Lipinski definition) is 0. The van der Waals surface area contributed by atoms with E-state index in [1.54, 1.807) is 36.8 Å². The van der Waals surface area contributed by atoms with Crippen LogP contribution in [0.3, 0.4) is 0 Å². The molecule has 8 heteroatoms. The van der Waals surface area contributed by atoms with E-state index in [9.17, 15) is 10.1 Å². The average Bonchev–Trinajstić information content (AvgIpc) is 3.42. The Morgan fingerprint density at radius 2 is 1.94 bits per heavy atom.